The summed E-state index contributed by atoms with van der Waals surface area (Å²) >= 11 is 0. The number of likely N-dealkylation sites (N-methyl/N-ethyl adjacent to an activating group) is 1. The molecule has 2 heteroatoms. The van der Waals surface area contributed by atoms with Crippen molar-refractivity contribution in [2.45, 2.75) is 57.9 Å². The van der Waals surface area contributed by atoms with Gasteiger partial charge in [0, 0.05) is 19.1 Å². The number of benzene rings is 1. The highest BCUT2D eigenvalue weighted by molar-refractivity contribution is 5.25. The van der Waals surface area contributed by atoms with Crippen LogP contribution in [0.1, 0.15) is 56.1 Å². The fourth-order valence-corrected chi connectivity index (χ4v) is 4.22. The fraction of sp³-hybridized carbons (Fsp3) is 0.700. The summed E-state index contributed by atoms with van der Waals surface area (Å²) in [5.41, 5.74) is 2.89. The highest BCUT2D eigenvalue weighted by atomic mass is 15.2. The van der Waals surface area contributed by atoms with Crippen LogP contribution < -0.4 is 5.32 Å². The summed E-state index contributed by atoms with van der Waals surface area (Å²) in [4.78, 5) is 2.63. The quantitative estimate of drug-likeness (QED) is 0.885. The Bertz CT molecular complexity index is 447. The Morgan fingerprint density at radius 1 is 1.09 bits per heavy atom. The third kappa shape index (κ3) is 4.11. The standard InChI is InChI=1S/C20H32N2/c1-3-22-14-19(18-10-8-16(2)9-11-18)12-20(15-22)21-13-17-6-4-5-7-17/h8-11,17,19-21H,3-7,12-15H2,1-2H3. The Morgan fingerprint density at radius 2 is 1.82 bits per heavy atom. The highest BCUT2D eigenvalue weighted by Crippen LogP contribution is 2.28. The summed E-state index contributed by atoms with van der Waals surface area (Å²) in [6, 6.07) is 9.88. The minimum Gasteiger partial charge on any atom is -0.312 e. The van der Waals surface area contributed by atoms with Crippen molar-refractivity contribution in [3.8, 4) is 0 Å². The van der Waals surface area contributed by atoms with Gasteiger partial charge in [0.15, 0.2) is 0 Å². The molecule has 122 valence electrons. The molecular weight excluding hydrogens is 268 g/mol. The molecule has 0 spiro atoms. The van der Waals surface area contributed by atoms with Crippen LogP contribution in [0.3, 0.4) is 0 Å². The SMILES string of the molecule is CCN1CC(NCC2CCCC2)CC(c2ccc(C)cc2)C1. The van der Waals surface area contributed by atoms with Crippen molar-refractivity contribution in [2.24, 2.45) is 5.92 Å². The van der Waals surface area contributed by atoms with Gasteiger partial charge in [0.2, 0.25) is 0 Å². The number of hydrogen-bond donors (Lipinski definition) is 1. The molecule has 0 amide bonds. The lowest BCUT2D eigenvalue weighted by Crippen LogP contribution is -2.49. The second-order valence-electron chi connectivity index (χ2n) is 7.45. The Morgan fingerprint density at radius 3 is 2.50 bits per heavy atom. The number of piperidine rings is 1. The van der Waals surface area contributed by atoms with Crippen molar-refractivity contribution in [1.29, 1.82) is 0 Å². The number of aryl methyl sites for hydroxylation is 1. The van der Waals surface area contributed by atoms with Gasteiger partial charge >= 0.3 is 0 Å². The van der Waals surface area contributed by atoms with Gasteiger partial charge in [-0.05, 0) is 56.7 Å². The van der Waals surface area contributed by atoms with E-state index in [9.17, 15) is 0 Å². The van der Waals surface area contributed by atoms with Crippen LogP contribution in [0.25, 0.3) is 0 Å². The summed E-state index contributed by atoms with van der Waals surface area (Å²) in [5.74, 6) is 1.63. The lowest BCUT2D eigenvalue weighted by Gasteiger charge is -2.38. The molecule has 0 bridgehead atoms. The Labute approximate surface area is 136 Å². The molecule has 2 fully saturated rings. The minimum atomic E-state index is 0.667. The number of nitrogens with zero attached hydrogens (tertiary/aromatic N) is 1. The molecular formula is C20H32N2. The van der Waals surface area contributed by atoms with Crippen molar-refractivity contribution in [1.82, 2.24) is 10.2 Å². The third-order valence-electron chi connectivity index (χ3n) is 5.69. The van der Waals surface area contributed by atoms with Crippen molar-refractivity contribution < 1.29 is 0 Å². The first-order chi connectivity index (χ1) is 10.7. The topological polar surface area (TPSA) is 15.3 Å². The fourth-order valence-electron chi connectivity index (χ4n) is 4.22. The van der Waals surface area contributed by atoms with E-state index < -0.39 is 0 Å². The summed E-state index contributed by atoms with van der Waals surface area (Å²) in [7, 11) is 0. The first-order valence-corrected chi connectivity index (χ1v) is 9.27. The second-order valence-corrected chi connectivity index (χ2v) is 7.45. The predicted octanol–water partition coefficient (Wildman–Crippen LogP) is 3.95. The predicted molar refractivity (Wildman–Crippen MR) is 94.4 cm³/mol. The van der Waals surface area contributed by atoms with Gasteiger partial charge in [-0.2, -0.15) is 0 Å². The lowest BCUT2D eigenvalue weighted by atomic mass is 9.87. The van der Waals surface area contributed by atoms with Crippen molar-refractivity contribution in [3.05, 3.63) is 35.4 Å². The molecule has 1 saturated carbocycles. The van der Waals surface area contributed by atoms with Crippen LogP contribution in [-0.2, 0) is 0 Å². The van der Waals surface area contributed by atoms with E-state index in [1.54, 1.807) is 0 Å². The van der Waals surface area contributed by atoms with Crippen molar-refractivity contribution >= 4 is 0 Å². The van der Waals surface area contributed by atoms with Gasteiger partial charge in [0.05, 0.1) is 0 Å². The molecule has 2 aliphatic rings. The molecule has 0 aromatic heterocycles. The van der Waals surface area contributed by atoms with E-state index >= 15 is 0 Å². The van der Waals surface area contributed by atoms with Crippen molar-refractivity contribution in [2.75, 3.05) is 26.2 Å². The molecule has 1 heterocycles. The van der Waals surface area contributed by atoms with Gasteiger partial charge < -0.3 is 10.2 Å². The zero-order valence-electron chi connectivity index (χ0n) is 14.4. The maximum atomic E-state index is 3.90. The Kier molecular flexibility index (Phi) is 5.54. The Balaban J connectivity index is 1.60. The van der Waals surface area contributed by atoms with E-state index in [-0.39, 0.29) is 0 Å². The summed E-state index contributed by atoms with van der Waals surface area (Å²) in [5, 5.41) is 3.90. The van der Waals surface area contributed by atoms with E-state index in [0.29, 0.717) is 12.0 Å². The lowest BCUT2D eigenvalue weighted by molar-refractivity contribution is 0.175. The molecule has 2 unspecified atom stereocenters. The molecule has 1 aromatic rings. The first kappa shape index (κ1) is 16.0. The maximum Gasteiger partial charge on any atom is 0.0201 e. The second kappa shape index (κ2) is 7.61. The molecule has 2 nitrogen and oxygen atoms in total. The van der Waals surface area contributed by atoms with E-state index in [4.69, 9.17) is 0 Å². The minimum absolute atomic E-state index is 0.667. The largest absolute Gasteiger partial charge is 0.312 e. The molecule has 1 aromatic carbocycles. The van der Waals surface area contributed by atoms with Crippen molar-refractivity contribution in [3.63, 3.8) is 0 Å². The zero-order valence-corrected chi connectivity index (χ0v) is 14.4. The Hall–Kier alpha value is -0.860. The molecule has 0 radical (unpaired) electrons. The number of hydrogen-bond acceptors (Lipinski definition) is 2. The van der Waals surface area contributed by atoms with E-state index in [0.717, 1.165) is 5.92 Å². The van der Waals surface area contributed by atoms with Gasteiger partial charge in [0.1, 0.15) is 0 Å². The van der Waals surface area contributed by atoms with Gasteiger partial charge in [-0.25, -0.2) is 0 Å². The summed E-state index contributed by atoms with van der Waals surface area (Å²) in [6.07, 6.45) is 7.08. The average molecular weight is 300 g/mol. The van der Waals surface area contributed by atoms with E-state index in [2.05, 4.69) is 48.3 Å². The zero-order chi connectivity index (χ0) is 15.4. The van der Waals surface area contributed by atoms with Crippen LogP contribution in [0, 0.1) is 12.8 Å². The molecule has 2 atom stereocenters. The van der Waals surface area contributed by atoms with Gasteiger partial charge in [0.25, 0.3) is 0 Å². The summed E-state index contributed by atoms with van der Waals surface area (Å²) in [6.45, 7) is 9.33. The number of likely N-dealkylation sites (tertiary alicyclic amines) is 1. The molecule has 1 aliphatic heterocycles. The van der Waals surface area contributed by atoms with Crippen LogP contribution in [0.5, 0.6) is 0 Å². The molecule has 1 aliphatic carbocycles. The molecule has 3 rings (SSSR count). The van der Waals surface area contributed by atoms with Crippen LogP contribution in [0.4, 0.5) is 0 Å². The average Bonchev–Trinajstić information content (AvgIpc) is 3.07. The number of nitrogens with one attached hydrogen (secondary N) is 1. The molecule has 1 N–H and O–H groups in total. The van der Waals surface area contributed by atoms with Crippen LogP contribution in [-0.4, -0.2) is 37.1 Å². The normalized spacial score (nSPS) is 27.4. The van der Waals surface area contributed by atoms with Gasteiger partial charge in [-0.1, -0.05) is 49.6 Å². The highest BCUT2D eigenvalue weighted by Gasteiger charge is 2.28. The van der Waals surface area contributed by atoms with E-state index in [1.807, 2.05) is 0 Å². The first-order valence-electron chi connectivity index (χ1n) is 9.27. The third-order valence-corrected chi connectivity index (χ3v) is 5.69. The van der Waals surface area contributed by atoms with Crippen LogP contribution in [0.2, 0.25) is 0 Å². The monoisotopic (exact) mass is 300 g/mol. The summed E-state index contributed by atoms with van der Waals surface area (Å²) < 4.78 is 0. The van der Waals surface area contributed by atoms with Crippen LogP contribution in [0.15, 0.2) is 24.3 Å². The van der Waals surface area contributed by atoms with Gasteiger partial charge in [-0.3, -0.25) is 0 Å². The molecule has 1 saturated heterocycles. The van der Waals surface area contributed by atoms with E-state index in [1.165, 1.54) is 69.4 Å². The van der Waals surface area contributed by atoms with Crippen LogP contribution >= 0.6 is 0 Å². The maximum absolute atomic E-state index is 3.90. The van der Waals surface area contributed by atoms with Gasteiger partial charge in [-0.15, -0.1) is 0 Å². The smallest absolute Gasteiger partial charge is 0.0201 e. The number of rotatable bonds is 5. The molecule has 22 heavy (non-hydrogen) atoms.